The van der Waals surface area contributed by atoms with Crippen LogP contribution in [0.2, 0.25) is 0 Å². The van der Waals surface area contributed by atoms with Gasteiger partial charge in [-0.25, -0.2) is 4.98 Å². The van der Waals surface area contributed by atoms with Crippen molar-refractivity contribution in [1.82, 2.24) is 19.8 Å². The lowest BCUT2D eigenvalue weighted by molar-refractivity contribution is 0.0373. The van der Waals surface area contributed by atoms with E-state index in [1.165, 1.54) is 16.9 Å². The van der Waals surface area contributed by atoms with E-state index >= 15 is 0 Å². The molecule has 29 heavy (non-hydrogen) atoms. The molecule has 3 heterocycles. The third-order valence-electron chi connectivity index (χ3n) is 6.17. The summed E-state index contributed by atoms with van der Waals surface area (Å²) in [5.74, 6) is 0.587. The van der Waals surface area contributed by atoms with Crippen LogP contribution in [0.4, 0.5) is 0 Å². The Hall–Kier alpha value is -1.28. The highest BCUT2D eigenvalue weighted by Crippen LogP contribution is 2.33. The highest BCUT2D eigenvalue weighted by molar-refractivity contribution is 7.18. The lowest BCUT2D eigenvalue weighted by Crippen LogP contribution is -2.39. The van der Waals surface area contributed by atoms with Gasteiger partial charge in [0.25, 0.3) is 5.56 Å². The van der Waals surface area contributed by atoms with E-state index in [0.717, 1.165) is 81.8 Å². The smallest absolute Gasteiger partial charge is 0.262 e. The fraction of sp³-hybridized carbons (Fsp3) is 0.727. The molecule has 0 aromatic carbocycles. The lowest BCUT2D eigenvalue weighted by atomic mass is 9.93. The minimum absolute atomic E-state index is 0.157. The van der Waals surface area contributed by atoms with Gasteiger partial charge in [-0.3, -0.25) is 14.3 Å². The second kappa shape index (κ2) is 9.69. The fourth-order valence-electron chi connectivity index (χ4n) is 4.37. The summed E-state index contributed by atoms with van der Waals surface area (Å²) < 4.78 is 7.22. The maximum Gasteiger partial charge on any atom is 0.262 e. The lowest BCUT2D eigenvalue weighted by Gasteiger charge is -2.27. The second-order valence-electron chi connectivity index (χ2n) is 8.81. The molecule has 1 fully saturated rings. The molecule has 2 aromatic heterocycles. The molecule has 1 aliphatic carbocycles. The van der Waals surface area contributed by atoms with Crippen LogP contribution in [-0.2, 0) is 24.1 Å². The third-order valence-corrected chi connectivity index (χ3v) is 7.33. The summed E-state index contributed by atoms with van der Waals surface area (Å²) in [5.41, 5.74) is 1.43. The van der Waals surface area contributed by atoms with Crippen molar-refractivity contribution >= 4 is 21.6 Å². The highest BCUT2D eigenvalue weighted by Gasteiger charge is 2.25. The summed E-state index contributed by atoms with van der Waals surface area (Å²) >= 11 is 1.73. The molecule has 2 aromatic rings. The molecule has 0 bridgehead atoms. The van der Waals surface area contributed by atoms with Crippen LogP contribution < -0.4 is 10.9 Å². The molecule has 0 radical (unpaired) electrons. The van der Waals surface area contributed by atoms with Gasteiger partial charge < -0.3 is 10.1 Å². The average molecular weight is 419 g/mol. The first-order valence-electron chi connectivity index (χ1n) is 11.1. The Labute approximate surface area is 177 Å². The van der Waals surface area contributed by atoms with Gasteiger partial charge in [0.05, 0.1) is 24.9 Å². The Morgan fingerprint density at radius 1 is 1.31 bits per heavy atom. The molecule has 7 heteroatoms. The summed E-state index contributed by atoms with van der Waals surface area (Å²) in [7, 11) is 0. The minimum Gasteiger partial charge on any atom is -0.379 e. The maximum absolute atomic E-state index is 13.0. The normalized spacial score (nSPS) is 20.4. The van der Waals surface area contributed by atoms with Crippen LogP contribution in [-0.4, -0.2) is 59.9 Å². The van der Waals surface area contributed by atoms with Gasteiger partial charge in [-0.15, -0.1) is 11.3 Å². The zero-order valence-corrected chi connectivity index (χ0v) is 18.6. The Balaban J connectivity index is 1.35. The molecule has 1 saturated heterocycles. The van der Waals surface area contributed by atoms with Gasteiger partial charge in [0.1, 0.15) is 4.83 Å². The van der Waals surface area contributed by atoms with Crippen LogP contribution in [0.1, 0.15) is 43.6 Å². The molecule has 0 saturated carbocycles. The topological polar surface area (TPSA) is 59.4 Å². The molecule has 0 amide bonds. The van der Waals surface area contributed by atoms with Gasteiger partial charge in [-0.05, 0) is 56.7 Å². The number of hydrogen-bond donors (Lipinski definition) is 1. The largest absolute Gasteiger partial charge is 0.379 e. The van der Waals surface area contributed by atoms with Crippen LogP contribution in [0.15, 0.2) is 11.1 Å². The molecule has 6 nitrogen and oxygen atoms in total. The average Bonchev–Trinajstić information content (AvgIpc) is 3.10. The van der Waals surface area contributed by atoms with E-state index in [1.807, 2.05) is 4.57 Å². The number of aryl methyl sites for hydroxylation is 2. The van der Waals surface area contributed by atoms with Gasteiger partial charge in [-0.1, -0.05) is 13.8 Å². The Morgan fingerprint density at radius 2 is 2.14 bits per heavy atom. The van der Waals surface area contributed by atoms with E-state index in [0.29, 0.717) is 12.0 Å². The summed E-state index contributed by atoms with van der Waals surface area (Å²) in [6, 6.07) is 0.517. The number of nitrogens with zero attached hydrogens (tertiary/aromatic N) is 3. The summed E-state index contributed by atoms with van der Waals surface area (Å²) in [6.45, 7) is 11.2. The first-order chi connectivity index (χ1) is 14.1. The molecule has 2 aliphatic rings. The molecule has 1 N–H and O–H groups in total. The molecule has 4 rings (SSSR count). The van der Waals surface area contributed by atoms with E-state index < -0.39 is 0 Å². The Bertz CT molecular complexity index is 870. The molecule has 0 spiro atoms. The van der Waals surface area contributed by atoms with Gasteiger partial charge in [-0.2, -0.15) is 0 Å². The van der Waals surface area contributed by atoms with Crippen molar-refractivity contribution in [3.8, 4) is 0 Å². The van der Waals surface area contributed by atoms with E-state index in [1.54, 1.807) is 17.7 Å². The van der Waals surface area contributed by atoms with Gasteiger partial charge in [0, 0.05) is 30.6 Å². The number of aromatic nitrogens is 2. The monoisotopic (exact) mass is 418 g/mol. The molecule has 1 aliphatic heterocycles. The number of fused-ring (bicyclic) bond motifs is 3. The predicted octanol–water partition coefficient (Wildman–Crippen LogP) is 2.67. The van der Waals surface area contributed by atoms with E-state index in [9.17, 15) is 4.79 Å². The number of ether oxygens (including phenoxy) is 1. The minimum atomic E-state index is 0.157. The number of thiophene rings is 1. The van der Waals surface area contributed by atoms with Crippen molar-refractivity contribution in [2.45, 2.75) is 58.5 Å². The Morgan fingerprint density at radius 3 is 2.93 bits per heavy atom. The summed E-state index contributed by atoms with van der Waals surface area (Å²) in [5, 5.41) is 4.64. The summed E-state index contributed by atoms with van der Waals surface area (Å²) in [4.78, 5) is 22.4. The van der Waals surface area contributed by atoms with Crippen LogP contribution in [0.3, 0.4) is 0 Å². The van der Waals surface area contributed by atoms with Crippen molar-refractivity contribution in [2.24, 2.45) is 5.92 Å². The molecular weight excluding hydrogens is 384 g/mol. The zero-order chi connectivity index (χ0) is 20.2. The van der Waals surface area contributed by atoms with Crippen molar-refractivity contribution < 1.29 is 4.74 Å². The van der Waals surface area contributed by atoms with Crippen molar-refractivity contribution in [3.63, 3.8) is 0 Å². The molecule has 0 unspecified atom stereocenters. The van der Waals surface area contributed by atoms with E-state index in [-0.39, 0.29) is 5.56 Å². The number of nitrogens with one attached hydrogen (secondary N) is 1. The van der Waals surface area contributed by atoms with Crippen molar-refractivity contribution in [2.75, 3.05) is 39.4 Å². The van der Waals surface area contributed by atoms with Crippen molar-refractivity contribution in [3.05, 3.63) is 27.1 Å². The SMILES string of the molecule is CC(C)CCn1cnc2sc3c(c2c1=O)CC[C@@H](NCCCN1CCOCC1)C3. The van der Waals surface area contributed by atoms with Gasteiger partial charge in [0.2, 0.25) is 0 Å². The quantitative estimate of drug-likeness (QED) is 0.668. The Kier molecular flexibility index (Phi) is 7.00. The standard InChI is InChI=1S/C22H34N4O2S/c1-16(2)6-9-26-15-24-21-20(22(26)27)18-5-4-17(14-19(18)29-21)23-7-3-8-25-10-12-28-13-11-25/h15-17,23H,3-14H2,1-2H3/t17-/m1/s1. The van der Waals surface area contributed by atoms with Crippen LogP contribution in [0.5, 0.6) is 0 Å². The third kappa shape index (κ3) is 5.08. The second-order valence-corrected chi connectivity index (χ2v) is 9.89. The van der Waals surface area contributed by atoms with Crippen LogP contribution in [0.25, 0.3) is 10.2 Å². The molecular formula is C22H34N4O2S. The number of hydrogen-bond acceptors (Lipinski definition) is 6. The van der Waals surface area contributed by atoms with Crippen LogP contribution in [0, 0.1) is 5.92 Å². The number of rotatable bonds is 8. The van der Waals surface area contributed by atoms with Gasteiger partial charge in [0.15, 0.2) is 0 Å². The van der Waals surface area contributed by atoms with Crippen molar-refractivity contribution in [1.29, 1.82) is 0 Å². The van der Waals surface area contributed by atoms with E-state index in [2.05, 4.69) is 29.0 Å². The zero-order valence-electron chi connectivity index (χ0n) is 17.8. The number of morpholine rings is 1. The first kappa shape index (κ1) is 21.0. The van der Waals surface area contributed by atoms with E-state index in [4.69, 9.17) is 4.74 Å². The molecule has 160 valence electrons. The summed E-state index contributed by atoms with van der Waals surface area (Å²) in [6.07, 6.45) is 7.06. The molecule has 1 atom stereocenters. The highest BCUT2D eigenvalue weighted by atomic mass is 32.1. The maximum atomic E-state index is 13.0. The fourth-order valence-corrected chi connectivity index (χ4v) is 5.62. The van der Waals surface area contributed by atoms with Gasteiger partial charge >= 0.3 is 0 Å². The predicted molar refractivity (Wildman–Crippen MR) is 119 cm³/mol. The first-order valence-corrected chi connectivity index (χ1v) is 12.0. The van der Waals surface area contributed by atoms with Crippen LogP contribution >= 0.6 is 11.3 Å².